The van der Waals surface area contributed by atoms with Gasteiger partial charge in [0.05, 0.1) is 12.8 Å². The number of nitrogens with one attached hydrogen (secondary N) is 2. The third-order valence-electron chi connectivity index (χ3n) is 7.12. The minimum Gasteiger partial charge on any atom is -0.415 e. The molecule has 212 valence electrons. The van der Waals surface area contributed by atoms with Crippen LogP contribution in [-0.4, -0.2) is 98.5 Å². The zero-order chi connectivity index (χ0) is 28.0. The van der Waals surface area contributed by atoms with Gasteiger partial charge in [-0.2, -0.15) is 15.2 Å². The maximum absolute atomic E-state index is 9.36. The number of hydrogen-bond donors (Lipinski definition) is 3. The van der Waals surface area contributed by atoms with E-state index in [0.29, 0.717) is 41.8 Å². The van der Waals surface area contributed by atoms with Crippen molar-refractivity contribution in [2.24, 2.45) is 0 Å². The molecule has 0 spiro atoms. The Kier molecular flexibility index (Phi) is 8.17. The van der Waals surface area contributed by atoms with E-state index in [9.17, 15) is 10.4 Å². The van der Waals surface area contributed by atoms with Gasteiger partial charge in [-0.05, 0) is 25.0 Å². The number of nitriles is 1. The molecule has 13 nitrogen and oxygen atoms in total. The maximum atomic E-state index is 9.36. The van der Waals surface area contributed by atoms with Crippen molar-refractivity contribution in [3.63, 3.8) is 0 Å². The summed E-state index contributed by atoms with van der Waals surface area (Å²) in [6.45, 7) is 5.52. The van der Waals surface area contributed by atoms with Crippen LogP contribution in [0.2, 0.25) is 0 Å². The number of rotatable bonds is 9. The highest BCUT2D eigenvalue weighted by Gasteiger charge is 2.23. The smallest absolute Gasteiger partial charge is 0.259 e. The lowest BCUT2D eigenvalue weighted by molar-refractivity contribution is 0.188. The first kappa shape index (κ1) is 26.9. The number of aromatic nitrogens is 5. The van der Waals surface area contributed by atoms with E-state index in [2.05, 4.69) is 41.8 Å². The van der Waals surface area contributed by atoms with Gasteiger partial charge in [0, 0.05) is 63.5 Å². The molecule has 0 radical (unpaired) electrons. The first-order valence-electron chi connectivity index (χ1n) is 13.7. The van der Waals surface area contributed by atoms with E-state index in [4.69, 9.17) is 14.4 Å². The van der Waals surface area contributed by atoms with Crippen LogP contribution in [-0.2, 0) is 0 Å². The number of aliphatic hydroxyl groups excluding tert-OH is 1. The fourth-order valence-corrected chi connectivity index (χ4v) is 5.74. The molecule has 2 aliphatic rings. The van der Waals surface area contributed by atoms with Crippen molar-refractivity contribution in [2.75, 3.05) is 68.0 Å². The fraction of sp³-hybridized carbons (Fsp3) is 0.407. The average molecular weight is 574 g/mol. The predicted molar refractivity (Wildman–Crippen MR) is 156 cm³/mol. The predicted octanol–water partition coefficient (Wildman–Crippen LogP) is 2.87. The summed E-state index contributed by atoms with van der Waals surface area (Å²) >= 11 is 1.40. The molecule has 0 saturated carbocycles. The molecule has 1 atom stereocenters. The highest BCUT2D eigenvalue weighted by molar-refractivity contribution is 7.18. The van der Waals surface area contributed by atoms with Crippen molar-refractivity contribution in [3.05, 3.63) is 42.6 Å². The van der Waals surface area contributed by atoms with Gasteiger partial charge in [-0.15, -0.1) is 10.2 Å². The second-order valence-electron chi connectivity index (χ2n) is 9.95. The molecule has 1 aromatic carbocycles. The molecular weight excluding hydrogens is 542 g/mol. The van der Waals surface area contributed by atoms with Crippen LogP contribution in [0.3, 0.4) is 0 Å². The largest absolute Gasteiger partial charge is 0.415 e. The summed E-state index contributed by atoms with van der Waals surface area (Å²) in [5.41, 5.74) is 0.857. The van der Waals surface area contributed by atoms with Crippen molar-refractivity contribution < 1.29 is 9.52 Å². The average Bonchev–Trinajstić information content (AvgIpc) is 3.68. The van der Waals surface area contributed by atoms with Gasteiger partial charge < -0.3 is 30.0 Å². The lowest BCUT2D eigenvalue weighted by Gasteiger charge is -2.35. The summed E-state index contributed by atoms with van der Waals surface area (Å²) in [5, 5.41) is 34.5. The molecule has 0 aliphatic carbocycles. The highest BCUT2D eigenvalue weighted by Crippen LogP contribution is 2.32. The Bertz CT molecular complexity index is 1480. The number of hydrogen-bond acceptors (Lipinski definition) is 14. The minimum absolute atomic E-state index is 0.0794. The van der Waals surface area contributed by atoms with Crippen LogP contribution < -0.4 is 15.5 Å². The second kappa shape index (κ2) is 12.5. The fourth-order valence-electron chi connectivity index (χ4n) is 5.00. The second-order valence-corrected chi connectivity index (χ2v) is 11.0. The van der Waals surface area contributed by atoms with Gasteiger partial charge in [0.2, 0.25) is 11.8 Å². The minimum atomic E-state index is 0.0794. The van der Waals surface area contributed by atoms with Gasteiger partial charge in [-0.1, -0.05) is 29.5 Å². The molecular formula is C27H31N11O2S. The van der Waals surface area contributed by atoms with Crippen molar-refractivity contribution >= 4 is 34.1 Å². The molecule has 6 rings (SSSR count). The Morgan fingerprint density at radius 1 is 1.07 bits per heavy atom. The molecule has 2 aliphatic heterocycles. The Morgan fingerprint density at radius 3 is 2.71 bits per heavy atom. The number of benzene rings is 1. The summed E-state index contributed by atoms with van der Waals surface area (Å²) in [5.74, 6) is 2.79. The van der Waals surface area contributed by atoms with Crippen LogP contribution in [0.1, 0.15) is 12.8 Å². The van der Waals surface area contributed by atoms with E-state index in [1.807, 2.05) is 36.4 Å². The number of likely N-dealkylation sites (tertiary alicyclic amines) is 1. The third kappa shape index (κ3) is 6.54. The molecule has 4 aromatic rings. The molecule has 2 saturated heterocycles. The summed E-state index contributed by atoms with van der Waals surface area (Å²) < 4.78 is 5.90. The molecule has 3 N–H and O–H groups in total. The quantitative estimate of drug-likeness (QED) is 0.252. The van der Waals surface area contributed by atoms with Gasteiger partial charge in [0.25, 0.3) is 5.89 Å². The van der Waals surface area contributed by atoms with Crippen LogP contribution in [0.25, 0.3) is 22.2 Å². The van der Waals surface area contributed by atoms with Crippen molar-refractivity contribution in [2.45, 2.75) is 18.9 Å². The maximum Gasteiger partial charge on any atom is 0.259 e. The van der Waals surface area contributed by atoms with E-state index in [0.717, 1.165) is 61.8 Å². The number of thiazole rings is 1. The third-order valence-corrected chi connectivity index (χ3v) is 8.02. The number of piperidine rings is 1. The Morgan fingerprint density at radius 2 is 1.90 bits per heavy atom. The molecule has 41 heavy (non-hydrogen) atoms. The zero-order valence-electron chi connectivity index (χ0n) is 22.5. The van der Waals surface area contributed by atoms with Crippen molar-refractivity contribution in [3.8, 4) is 28.4 Å². The Hall–Kier alpha value is -4.32. The molecule has 3 aromatic heterocycles. The molecule has 0 bridgehead atoms. The summed E-state index contributed by atoms with van der Waals surface area (Å²) in [6.07, 6.45) is 5.84. The van der Waals surface area contributed by atoms with Gasteiger partial charge in [-0.25, -0.2) is 4.98 Å². The first-order valence-corrected chi connectivity index (χ1v) is 14.5. The van der Waals surface area contributed by atoms with E-state index in [1.165, 1.54) is 11.3 Å². The lowest BCUT2D eigenvalue weighted by atomic mass is 10.1. The lowest BCUT2D eigenvalue weighted by Crippen LogP contribution is -2.47. The molecule has 0 unspecified atom stereocenters. The zero-order valence-corrected chi connectivity index (χ0v) is 23.3. The van der Waals surface area contributed by atoms with Crippen molar-refractivity contribution in [1.29, 1.82) is 5.26 Å². The van der Waals surface area contributed by atoms with Gasteiger partial charge >= 0.3 is 0 Å². The molecule has 2 fully saturated rings. The normalized spacial score (nSPS) is 17.8. The van der Waals surface area contributed by atoms with E-state index >= 15 is 0 Å². The molecule has 0 amide bonds. The SMILES string of the molecule is N#CN1CCC[C@H](Nc2nc(Nc3ncc(-c4nnc(-c5ccccc5)o4)s3)cc(N3CCN(CCO)CC3)n2)C1. The van der Waals surface area contributed by atoms with Crippen LogP contribution in [0, 0.1) is 11.5 Å². The summed E-state index contributed by atoms with van der Waals surface area (Å²) in [6, 6.07) is 11.6. The Balaban J connectivity index is 1.21. The topological polar surface area (TPSA) is 155 Å². The number of β-amino-alcohol motifs (C(OH)–C–C–N with tert-alkyl or cyclic N) is 1. The van der Waals surface area contributed by atoms with E-state index < -0.39 is 0 Å². The van der Waals surface area contributed by atoms with Gasteiger partial charge in [0.15, 0.2) is 11.3 Å². The number of aliphatic hydroxyl groups is 1. The van der Waals surface area contributed by atoms with Gasteiger partial charge in [-0.3, -0.25) is 4.90 Å². The van der Waals surface area contributed by atoms with Gasteiger partial charge in [0.1, 0.15) is 16.5 Å². The number of piperazine rings is 1. The summed E-state index contributed by atoms with van der Waals surface area (Å²) in [4.78, 5) is 21.1. The van der Waals surface area contributed by atoms with E-state index in [-0.39, 0.29) is 12.6 Å². The van der Waals surface area contributed by atoms with Crippen LogP contribution in [0.15, 0.2) is 47.0 Å². The van der Waals surface area contributed by atoms with Crippen LogP contribution in [0.4, 0.5) is 22.7 Å². The Labute approximate surface area is 241 Å². The summed E-state index contributed by atoms with van der Waals surface area (Å²) in [7, 11) is 0. The standard InChI is InChI=1S/C27H31N11O2S/c28-18-37-8-4-7-20(17-37)30-26-31-22(15-23(33-26)38-11-9-36(10-12-38)13-14-39)32-27-29-16-21(41-27)25-35-34-24(40-25)19-5-2-1-3-6-19/h1-3,5-6,15-16,20,39H,4,7-14,17H2,(H2,29,30,31,32,33)/t20-/m0/s1. The van der Waals surface area contributed by atoms with Crippen LogP contribution >= 0.6 is 11.3 Å². The first-order chi connectivity index (χ1) is 20.2. The van der Waals surface area contributed by atoms with E-state index in [1.54, 1.807) is 11.1 Å². The van der Waals surface area contributed by atoms with Crippen LogP contribution in [0.5, 0.6) is 0 Å². The number of anilines is 4. The number of nitrogens with zero attached hydrogens (tertiary/aromatic N) is 9. The monoisotopic (exact) mass is 573 g/mol. The molecule has 14 heteroatoms. The van der Waals surface area contributed by atoms with Crippen molar-refractivity contribution in [1.82, 2.24) is 34.9 Å². The molecule has 5 heterocycles. The highest BCUT2D eigenvalue weighted by atomic mass is 32.1.